The van der Waals surface area contributed by atoms with E-state index in [4.69, 9.17) is 9.53 Å². The number of amides is 3. The van der Waals surface area contributed by atoms with Gasteiger partial charge in [0.25, 0.3) is 6.47 Å². The number of hydrogen-bond acceptors (Lipinski definition) is 6. The average Bonchev–Trinajstić information content (AvgIpc) is 3.81. The normalized spacial score (nSPS) is 20.2. The fourth-order valence-corrected chi connectivity index (χ4v) is 5.34. The maximum atomic E-state index is 13.2. The van der Waals surface area contributed by atoms with Crippen molar-refractivity contribution in [3.63, 3.8) is 0 Å². The van der Waals surface area contributed by atoms with Crippen LogP contribution in [0.1, 0.15) is 71.3 Å². The molecule has 3 N–H and O–H groups in total. The van der Waals surface area contributed by atoms with Gasteiger partial charge in [0.05, 0.1) is 7.11 Å². The lowest BCUT2D eigenvalue weighted by atomic mass is 9.97. The summed E-state index contributed by atoms with van der Waals surface area (Å²) in [5.74, 6) is 0.318. The van der Waals surface area contributed by atoms with E-state index in [0.717, 1.165) is 55.2 Å². The van der Waals surface area contributed by atoms with E-state index < -0.39 is 6.04 Å². The van der Waals surface area contributed by atoms with Gasteiger partial charge in [-0.05, 0) is 85.9 Å². The van der Waals surface area contributed by atoms with E-state index in [1.165, 1.54) is 24.9 Å². The highest BCUT2D eigenvalue weighted by molar-refractivity contribution is 5.89. The van der Waals surface area contributed by atoms with Crippen LogP contribution < -0.4 is 16.0 Å². The van der Waals surface area contributed by atoms with Crippen molar-refractivity contribution < 1.29 is 28.7 Å². The summed E-state index contributed by atoms with van der Waals surface area (Å²) in [6.45, 7) is 5.84. The zero-order chi connectivity index (χ0) is 34.9. The molecule has 3 aromatic carbocycles. The van der Waals surface area contributed by atoms with Crippen LogP contribution in [0.3, 0.4) is 0 Å². The van der Waals surface area contributed by atoms with Crippen LogP contribution in [-0.4, -0.2) is 56.2 Å². The molecule has 3 aromatic rings. The molecule has 1 aliphatic heterocycles. The maximum absolute atomic E-state index is 13.2. The molecule has 0 radical (unpaired) electrons. The molecule has 2 unspecified atom stereocenters. The first kappa shape index (κ1) is 37.8. The molecule has 2 aliphatic rings. The highest BCUT2D eigenvalue weighted by Gasteiger charge is 2.37. The van der Waals surface area contributed by atoms with Gasteiger partial charge in [-0.3, -0.25) is 14.4 Å². The number of methoxy groups -OCH3 is 1. The zero-order valence-electron chi connectivity index (χ0n) is 28.9. The number of carbonyl (C=O) groups excluding carboxylic acids is 4. The van der Waals surface area contributed by atoms with Crippen molar-refractivity contribution in [2.24, 2.45) is 5.92 Å². The quantitative estimate of drug-likeness (QED) is 0.208. The Balaban J connectivity index is 0.000000409. The molecule has 1 fully saturated rings. The number of allylic oxidation sites excluding steroid dienone is 1. The van der Waals surface area contributed by atoms with E-state index in [-0.39, 0.29) is 29.6 Å². The topological polar surface area (TPSA) is 123 Å². The highest BCUT2D eigenvalue weighted by atomic mass is 16.6. The Morgan fingerprint density at radius 3 is 2.31 bits per heavy atom. The molecule has 9 nitrogen and oxygen atoms in total. The van der Waals surface area contributed by atoms with Crippen LogP contribution >= 0.6 is 0 Å². The highest BCUT2D eigenvalue weighted by Crippen LogP contribution is 2.32. The standard InChI is InChI=1S/C31H34N2O2.C6H13NO2.C2H4O2/c34-30-15-6-4-2-1-3-5-13-27-21-28(27)33-31(35)29(32-30)19-22-10-9-14-24(18-22)26-17-16-23-11-7-8-12-25(23)20-26;1-6(2,3)9-5(8)7-4;1-4-2-3/h5,7-14,16-18,20,27-29H,1-4,6,15,19,21H2,(H,32,34)(H,33,35);1-4H3,(H,7,8);2H,1H3/b13-5-;;/t27-,28?,29?;;/m1../s1. The molecule has 1 heterocycles. The van der Waals surface area contributed by atoms with Gasteiger partial charge in [-0.1, -0.05) is 85.7 Å². The molecule has 258 valence electrons. The Bertz CT molecular complexity index is 1530. The van der Waals surface area contributed by atoms with E-state index in [2.05, 4.69) is 87.4 Å². The summed E-state index contributed by atoms with van der Waals surface area (Å²) in [6.07, 6.45) is 11.4. The van der Waals surface area contributed by atoms with Crippen LogP contribution in [0.15, 0.2) is 78.9 Å². The van der Waals surface area contributed by atoms with Crippen LogP contribution in [0.5, 0.6) is 0 Å². The number of benzene rings is 3. The van der Waals surface area contributed by atoms with Gasteiger partial charge in [0.2, 0.25) is 11.8 Å². The maximum Gasteiger partial charge on any atom is 0.407 e. The van der Waals surface area contributed by atoms with Crippen LogP contribution in [-0.2, 0) is 30.3 Å². The van der Waals surface area contributed by atoms with Crippen molar-refractivity contribution in [1.29, 1.82) is 0 Å². The molecule has 3 amide bonds. The number of carbonyl (C=O) groups is 4. The third-order valence-corrected chi connectivity index (χ3v) is 7.88. The number of nitrogens with one attached hydrogen (secondary N) is 3. The summed E-state index contributed by atoms with van der Waals surface area (Å²) >= 11 is 0. The smallest absolute Gasteiger partial charge is 0.407 e. The Labute approximate surface area is 284 Å². The fourth-order valence-electron chi connectivity index (χ4n) is 5.34. The van der Waals surface area contributed by atoms with Crippen LogP contribution in [0.2, 0.25) is 0 Å². The third-order valence-electron chi connectivity index (χ3n) is 7.88. The van der Waals surface area contributed by atoms with Crippen molar-refractivity contribution in [3.8, 4) is 11.1 Å². The number of ether oxygens (including phenoxy) is 2. The number of hydrogen-bond donors (Lipinski definition) is 3. The number of fused-ring (bicyclic) bond motifs is 2. The van der Waals surface area contributed by atoms with Crippen molar-refractivity contribution in [2.75, 3.05) is 14.2 Å². The first-order valence-corrected chi connectivity index (χ1v) is 16.7. The molecule has 0 aromatic heterocycles. The molecule has 3 atom stereocenters. The van der Waals surface area contributed by atoms with Gasteiger partial charge in [0.1, 0.15) is 11.6 Å². The average molecular weight is 658 g/mol. The first-order valence-electron chi connectivity index (χ1n) is 16.7. The molecule has 1 aliphatic carbocycles. The summed E-state index contributed by atoms with van der Waals surface area (Å²) in [4.78, 5) is 45.3. The van der Waals surface area contributed by atoms with E-state index in [9.17, 15) is 14.4 Å². The molecule has 1 saturated carbocycles. The Hall–Kier alpha value is -4.66. The summed E-state index contributed by atoms with van der Waals surface area (Å²) in [7, 11) is 2.85. The molecular weight excluding hydrogens is 606 g/mol. The van der Waals surface area contributed by atoms with E-state index in [1.807, 2.05) is 32.9 Å². The minimum absolute atomic E-state index is 0.0313. The summed E-state index contributed by atoms with van der Waals surface area (Å²) in [6, 6.07) is 22.8. The van der Waals surface area contributed by atoms with Gasteiger partial charge < -0.3 is 25.4 Å². The summed E-state index contributed by atoms with van der Waals surface area (Å²) < 4.78 is 8.70. The molecule has 0 bridgehead atoms. The van der Waals surface area contributed by atoms with Crippen molar-refractivity contribution >= 4 is 35.2 Å². The van der Waals surface area contributed by atoms with Crippen LogP contribution in [0.25, 0.3) is 21.9 Å². The minimum Gasteiger partial charge on any atom is -0.471 e. The van der Waals surface area contributed by atoms with Gasteiger partial charge >= 0.3 is 6.09 Å². The number of rotatable bonds is 4. The summed E-state index contributed by atoms with van der Waals surface area (Å²) in [5.41, 5.74) is 2.92. The molecule has 48 heavy (non-hydrogen) atoms. The van der Waals surface area contributed by atoms with Gasteiger partial charge in [-0.25, -0.2) is 4.79 Å². The largest absolute Gasteiger partial charge is 0.471 e. The Kier molecular flexibility index (Phi) is 15.1. The lowest BCUT2D eigenvalue weighted by molar-refractivity contribution is -0.129. The van der Waals surface area contributed by atoms with Gasteiger partial charge in [-0.2, -0.15) is 0 Å². The van der Waals surface area contributed by atoms with Crippen LogP contribution in [0, 0.1) is 5.92 Å². The summed E-state index contributed by atoms with van der Waals surface area (Å²) in [5, 5.41) is 11.0. The van der Waals surface area contributed by atoms with Gasteiger partial charge in [-0.15, -0.1) is 0 Å². The zero-order valence-corrected chi connectivity index (χ0v) is 28.9. The second-order valence-electron chi connectivity index (χ2n) is 13.1. The lowest BCUT2D eigenvalue weighted by Crippen LogP contribution is -2.48. The SMILES string of the molecule is CNC(=O)OC(C)(C)C.COC=O.O=C1CCCCCC/C=C\[C@@H]2CC2NC(=O)C(Cc2cccc(-c3ccc4ccccc4c3)c2)N1. The molecular formula is C39H51N3O6. The lowest BCUT2D eigenvalue weighted by Gasteiger charge is -2.19. The second kappa shape index (κ2) is 19.2. The van der Waals surface area contributed by atoms with Crippen LogP contribution in [0.4, 0.5) is 4.79 Å². The van der Waals surface area contributed by atoms with E-state index in [1.54, 1.807) is 0 Å². The monoisotopic (exact) mass is 657 g/mol. The molecule has 9 heteroatoms. The second-order valence-corrected chi connectivity index (χ2v) is 13.1. The van der Waals surface area contributed by atoms with E-state index in [0.29, 0.717) is 25.2 Å². The van der Waals surface area contributed by atoms with E-state index >= 15 is 0 Å². The fraction of sp³-hybridized carbons (Fsp3) is 0.436. The van der Waals surface area contributed by atoms with Gasteiger partial charge in [0, 0.05) is 25.9 Å². The Morgan fingerprint density at radius 2 is 1.62 bits per heavy atom. The molecule has 5 rings (SSSR count). The third kappa shape index (κ3) is 13.6. The minimum atomic E-state index is -0.565. The molecule has 0 spiro atoms. The van der Waals surface area contributed by atoms with Crippen molar-refractivity contribution in [2.45, 2.75) is 89.8 Å². The number of alkyl carbamates (subject to hydrolysis) is 1. The predicted molar refractivity (Wildman–Crippen MR) is 190 cm³/mol. The molecule has 0 saturated heterocycles. The first-order chi connectivity index (χ1) is 23.0. The van der Waals surface area contributed by atoms with Crippen molar-refractivity contribution in [3.05, 3.63) is 84.4 Å². The van der Waals surface area contributed by atoms with Gasteiger partial charge in [0.15, 0.2) is 0 Å². The Morgan fingerprint density at radius 1 is 0.917 bits per heavy atom. The van der Waals surface area contributed by atoms with Crippen molar-refractivity contribution in [1.82, 2.24) is 16.0 Å². The predicted octanol–water partition coefficient (Wildman–Crippen LogP) is 6.88.